The number of halogens is 2. The first-order valence-corrected chi connectivity index (χ1v) is 10.3. The first-order valence-electron chi connectivity index (χ1n) is 9.50. The van der Waals surface area contributed by atoms with Crippen LogP contribution in [-0.2, 0) is 11.3 Å². The van der Waals surface area contributed by atoms with Crippen LogP contribution in [0.25, 0.3) is 10.9 Å². The van der Waals surface area contributed by atoms with Crippen molar-refractivity contribution in [3.8, 4) is 0 Å². The van der Waals surface area contributed by atoms with Crippen LogP contribution >= 0.6 is 23.2 Å². The molecule has 0 bridgehead atoms. The Balaban J connectivity index is 1.47. The minimum absolute atomic E-state index is 0.153. The van der Waals surface area contributed by atoms with E-state index in [0.29, 0.717) is 21.2 Å². The van der Waals surface area contributed by atoms with Gasteiger partial charge in [-0.2, -0.15) is 0 Å². The topological polar surface area (TPSA) is 67.2 Å². The fourth-order valence-electron chi connectivity index (χ4n) is 3.57. The second kappa shape index (κ2) is 8.43. The van der Waals surface area contributed by atoms with Crippen molar-refractivity contribution in [2.24, 2.45) is 0 Å². The molecule has 1 saturated heterocycles. The van der Waals surface area contributed by atoms with E-state index in [0.717, 1.165) is 18.8 Å². The van der Waals surface area contributed by atoms with Crippen molar-refractivity contribution >= 4 is 51.4 Å². The summed E-state index contributed by atoms with van der Waals surface area (Å²) in [6.45, 7) is 1.98. The van der Waals surface area contributed by atoms with E-state index in [1.807, 2.05) is 24.3 Å². The number of rotatable bonds is 4. The van der Waals surface area contributed by atoms with E-state index >= 15 is 0 Å². The number of carbonyl (C=O) groups excluding carboxylic acids is 1. The molecular weight excluding hydrogens is 411 g/mol. The molecule has 1 aromatic heterocycles. The van der Waals surface area contributed by atoms with E-state index in [1.54, 1.807) is 0 Å². The van der Waals surface area contributed by atoms with Crippen LogP contribution in [-0.4, -0.2) is 28.5 Å². The number of piperidine rings is 1. The van der Waals surface area contributed by atoms with E-state index < -0.39 is 0 Å². The van der Waals surface area contributed by atoms with Crippen molar-refractivity contribution < 1.29 is 4.79 Å². The maximum Gasteiger partial charge on any atom is 0.261 e. The van der Waals surface area contributed by atoms with Crippen molar-refractivity contribution in [1.29, 1.82) is 0 Å². The largest absolute Gasteiger partial charge is 0.372 e. The number of aromatic nitrogens is 2. The second-order valence-electron chi connectivity index (χ2n) is 7.10. The monoisotopic (exact) mass is 430 g/mol. The van der Waals surface area contributed by atoms with Gasteiger partial charge in [0.2, 0.25) is 5.91 Å². The highest BCUT2D eigenvalue weighted by Gasteiger charge is 2.13. The number of hydrogen-bond donors (Lipinski definition) is 1. The molecule has 1 aliphatic heterocycles. The van der Waals surface area contributed by atoms with Gasteiger partial charge in [-0.25, -0.2) is 4.98 Å². The molecule has 1 N–H and O–H groups in total. The zero-order valence-electron chi connectivity index (χ0n) is 15.7. The smallest absolute Gasteiger partial charge is 0.261 e. The van der Waals surface area contributed by atoms with Gasteiger partial charge in [0.15, 0.2) is 0 Å². The number of amides is 1. The van der Waals surface area contributed by atoms with Gasteiger partial charge < -0.3 is 10.2 Å². The Kier molecular flexibility index (Phi) is 5.74. The number of anilines is 2. The van der Waals surface area contributed by atoms with Gasteiger partial charge in [0.25, 0.3) is 5.56 Å². The fraction of sp³-hybridized carbons (Fsp3) is 0.286. The molecule has 0 radical (unpaired) electrons. The highest BCUT2D eigenvalue weighted by Crippen LogP contribution is 2.24. The molecule has 0 saturated carbocycles. The van der Waals surface area contributed by atoms with E-state index in [2.05, 4.69) is 15.2 Å². The highest BCUT2D eigenvalue weighted by molar-refractivity contribution is 6.38. The summed E-state index contributed by atoms with van der Waals surface area (Å²) in [6.07, 6.45) is 5.03. The molecule has 29 heavy (non-hydrogen) atoms. The highest BCUT2D eigenvalue weighted by atomic mass is 35.5. The normalized spacial score (nSPS) is 14.2. The summed E-state index contributed by atoms with van der Waals surface area (Å²) in [4.78, 5) is 31.6. The lowest BCUT2D eigenvalue weighted by molar-refractivity contribution is -0.116. The van der Waals surface area contributed by atoms with Gasteiger partial charge in [-0.1, -0.05) is 23.2 Å². The van der Waals surface area contributed by atoms with Crippen LogP contribution < -0.4 is 15.8 Å². The molecular formula is C21H20Cl2N4O2. The molecule has 8 heteroatoms. The third-order valence-electron chi connectivity index (χ3n) is 5.03. The van der Waals surface area contributed by atoms with Crippen LogP contribution in [0.5, 0.6) is 0 Å². The average molecular weight is 431 g/mol. The molecule has 1 amide bonds. The van der Waals surface area contributed by atoms with Gasteiger partial charge >= 0.3 is 0 Å². The molecule has 4 rings (SSSR count). The summed E-state index contributed by atoms with van der Waals surface area (Å²) in [7, 11) is 0. The van der Waals surface area contributed by atoms with Crippen LogP contribution in [0.1, 0.15) is 19.3 Å². The van der Waals surface area contributed by atoms with Gasteiger partial charge in [-0.15, -0.1) is 0 Å². The van der Waals surface area contributed by atoms with Crippen LogP contribution in [0.3, 0.4) is 0 Å². The molecule has 1 aliphatic rings. The van der Waals surface area contributed by atoms with Crippen molar-refractivity contribution in [3.63, 3.8) is 0 Å². The molecule has 150 valence electrons. The van der Waals surface area contributed by atoms with Crippen LogP contribution in [0.4, 0.5) is 11.4 Å². The summed E-state index contributed by atoms with van der Waals surface area (Å²) in [5.74, 6) is -0.313. The predicted molar refractivity (Wildman–Crippen MR) is 117 cm³/mol. The predicted octanol–water partition coefficient (Wildman–Crippen LogP) is 4.33. The zero-order chi connectivity index (χ0) is 20.4. The number of hydrogen-bond acceptors (Lipinski definition) is 4. The quantitative estimate of drug-likeness (QED) is 0.668. The average Bonchev–Trinajstić information content (AvgIpc) is 2.71. The molecule has 0 aliphatic carbocycles. The molecule has 6 nitrogen and oxygen atoms in total. The number of nitrogens with one attached hydrogen (secondary N) is 1. The number of fused-ring (bicyclic) bond motifs is 1. The van der Waals surface area contributed by atoms with Gasteiger partial charge in [-0.05, 0) is 55.7 Å². The zero-order valence-corrected chi connectivity index (χ0v) is 17.2. The van der Waals surface area contributed by atoms with E-state index in [4.69, 9.17) is 23.2 Å². The molecule has 0 unspecified atom stereocenters. The summed E-state index contributed by atoms with van der Waals surface area (Å²) in [5.41, 5.74) is 1.84. The standard InChI is InChI=1S/C21H20Cl2N4O2/c22-14-10-17-20(18(23)11-14)24-13-27(21(17)29)12-19(28)25-15-4-6-16(7-5-15)26-8-2-1-3-9-26/h4-7,10-11,13H,1-3,8-9,12H2,(H,25,28). The Morgan fingerprint density at radius 2 is 1.79 bits per heavy atom. The summed E-state index contributed by atoms with van der Waals surface area (Å²) >= 11 is 12.1. The molecule has 3 aromatic rings. The first-order chi connectivity index (χ1) is 14.0. The van der Waals surface area contributed by atoms with Crippen molar-refractivity contribution in [3.05, 3.63) is 63.1 Å². The van der Waals surface area contributed by atoms with Crippen molar-refractivity contribution in [2.45, 2.75) is 25.8 Å². The Hall–Kier alpha value is -2.57. The van der Waals surface area contributed by atoms with Crippen LogP contribution in [0.2, 0.25) is 10.0 Å². The lowest BCUT2D eigenvalue weighted by Crippen LogP contribution is -2.29. The minimum Gasteiger partial charge on any atom is -0.372 e. The number of benzene rings is 2. The van der Waals surface area contributed by atoms with Crippen molar-refractivity contribution in [1.82, 2.24) is 9.55 Å². The van der Waals surface area contributed by atoms with E-state index in [-0.39, 0.29) is 23.4 Å². The van der Waals surface area contributed by atoms with Gasteiger partial charge in [0.1, 0.15) is 6.54 Å². The lowest BCUT2D eigenvalue weighted by Gasteiger charge is -2.28. The number of carbonyl (C=O) groups is 1. The maximum atomic E-state index is 12.7. The molecule has 2 aromatic carbocycles. The third kappa shape index (κ3) is 4.38. The second-order valence-corrected chi connectivity index (χ2v) is 7.95. The molecule has 0 spiro atoms. The van der Waals surface area contributed by atoms with Gasteiger partial charge in [0, 0.05) is 29.5 Å². The summed E-state index contributed by atoms with van der Waals surface area (Å²) in [6, 6.07) is 10.8. The first kappa shape index (κ1) is 19.7. The lowest BCUT2D eigenvalue weighted by atomic mass is 10.1. The third-order valence-corrected chi connectivity index (χ3v) is 5.54. The van der Waals surface area contributed by atoms with Crippen molar-refractivity contribution in [2.75, 3.05) is 23.3 Å². The fourth-order valence-corrected chi connectivity index (χ4v) is 4.11. The Bertz CT molecular complexity index is 1110. The molecule has 0 atom stereocenters. The maximum absolute atomic E-state index is 12.7. The van der Waals surface area contributed by atoms with Crippen LogP contribution in [0.15, 0.2) is 47.5 Å². The minimum atomic E-state index is -0.366. The summed E-state index contributed by atoms with van der Waals surface area (Å²) < 4.78 is 1.24. The SMILES string of the molecule is O=C(Cn1cnc2c(Cl)cc(Cl)cc2c1=O)Nc1ccc(N2CCCCC2)cc1. The van der Waals surface area contributed by atoms with Gasteiger partial charge in [0.05, 0.1) is 22.3 Å². The van der Waals surface area contributed by atoms with E-state index in [9.17, 15) is 9.59 Å². The Morgan fingerprint density at radius 1 is 1.07 bits per heavy atom. The molecule has 2 heterocycles. The summed E-state index contributed by atoms with van der Waals surface area (Å²) in [5, 5.41) is 3.75. The Labute approximate surface area is 178 Å². The van der Waals surface area contributed by atoms with E-state index in [1.165, 1.54) is 42.3 Å². The Morgan fingerprint density at radius 3 is 2.52 bits per heavy atom. The van der Waals surface area contributed by atoms with Crippen LogP contribution in [0, 0.1) is 0 Å². The number of nitrogens with zero attached hydrogens (tertiary/aromatic N) is 3. The molecule has 1 fully saturated rings. The van der Waals surface area contributed by atoms with Gasteiger partial charge in [-0.3, -0.25) is 14.2 Å².